The van der Waals surface area contributed by atoms with E-state index in [4.69, 9.17) is 14.2 Å². The second-order valence-electron chi connectivity index (χ2n) is 8.08. The third kappa shape index (κ3) is 10.0. The van der Waals surface area contributed by atoms with Crippen LogP contribution in [0.3, 0.4) is 0 Å². The van der Waals surface area contributed by atoms with Gasteiger partial charge in [-0.25, -0.2) is 17.6 Å². The molecule has 0 N–H and O–H groups in total. The molecule has 0 aromatic heterocycles. The van der Waals surface area contributed by atoms with Crippen molar-refractivity contribution < 1.29 is 36.2 Å². The highest BCUT2D eigenvalue weighted by molar-refractivity contribution is 5.32. The van der Waals surface area contributed by atoms with Gasteiger partial charge >= 0.3 is 0 Å². The zero-order valence-electron chi connectivity index (χ0n) is 18.2. The van der Waals surface area contributed by atoms with Crippen molar-refractivity contribution in [2.24, 2.45) is 5.41 Å². The van der Waals surface area contributed by atoms with Gasteiger partial charge in [0.15, 0.2) is 23.7 Å². The van der Waals surface area contributed by atoms with Crippen molar-refractivity contribution in [3.05, 3.63) is 65.5 Å². The first-order chi connectivity index (χ1) is 14.4. The molecule has 1 unspecified atom stereocenters. The maximum absolute atomic E-state index is 13.7. The minimum absolute atomic E-state index is 0.0426. The van der Waals surface area contributed by atoms with Crippen LogP contribution in [0.4, 0.5) is 22.0 Å². The highest BCUT2D eigenvalue weighted by atomic mass is 19.2. The molecule has 3 nitrogen and oxygen atoms in total. The third-order valence-electron chi connectivity index (χ3n) is 4.07. The van der Waals surface area contributed by atoms with Gasteiger partial charge in [0, 0.05) is 6.42 Å². The lowest BCUT2D eigenvalue weighted by atomic mass is 9.90. The van der Waals surface area contributed by atoms with E-state index < -0.39 is 42.0 Å². The summed E-state index contributed by atoms with van der Waals surface area (Å²) in [6, 6.07) is 7.41. The van der Waals surface area contributed by atoms with Crippen LogP contribution in [-0.4, -0.2) is 26.2 Å². The molecule has 0 radical (unpaired) electrons. The molecule has 1 atom stereocenters. The van der Waals surface area contributed by atoms with Gasteiger partial charge in [0.05, 0.1) is 6.61 Å². The van der Waals surface area contributed by atoms with E-state index in [2.05, 4.69) is 27.4 Å². The summed E-state index contributed by atoms with van der Waals surface area (Å²) in [4.78, 5) is 0. The Morgan fingerprint density at radius 1 is 0.968 bits per heavy atom. The molecule has 8 heteroatoms. The molecular weight excluding hydrogens is 419 g/mol. The number of hydrogen-bond acceptors (Lipinski definition) is 3. The van der Waals surface area contributed by atoms with Crippen molar-refractivity contribution in [2.75, 3.05) is 19.9 Å². The van der Waals surface area contributed by atoms with Gasteiger partial charge in [0.2, 0.25) is 11.7 Å². The summed E-state index contributed by atoms with van der Waals surface area (Å²) in [6.07, 6.45) is 0.750. The standard InChI is InChI=1S/C23H29F5O3/c1-15-6-8-17(9-7-15)31-19(10-11-23(3,4)5)30-13-12-29-16(2)20(26)22(28)21(27)18(25)14-24/h6-9,19H,2,10-14H2,1,3-5H3/b21-18-,22-20-. The molecule has 0 spiro atoms. The Balaban J connectivity index is 2.65. The molecule has 0 saturated carbocycles. The van der Waals surface area contributed by atoms with Gasteiger partial charge in [-0.1, -0.05) is 45.0 Å². The first kappa shape index (κ1) is 26.7. The van der Waals surface area contributed by atoms with Crippen molar-refractivity contribution in [3.63, 3.8) is 0 Å². The fourth-order valence-corrected chi connectivity index (χ4v) is 2.30. The number of allylic oxidation sites excluding steroid dienone is 4. The van der Waals surface area contributed by atoms with Crippen molar-refractivity contribution >= 4 is 0 Å². The smallest absolute Gasteiger partial charge is 0.203 e. The van der Waals surface area contributed by atoms with Crippen LogP contribution in [0.2, 0.25) is 0 Å². The zero-order chi connectivity index (χ0) is 23.6. The van der Waals surface area contributed by atoms with Crippen LogP contribution in [0.25, 0.3) is 0 Å². The van der Waals surface area contributed by atoms with Gasteiger partial charge in [0.1, 0.15) is 19.0 Å². The molecule has 1 rings (SSSR count). The first-order valence-corrected chi connectivity index (χ1v) is 9.77. The molecule has 31 heavy (non-hydrogen) atoms. The average Bonchev–Trinajstić information content (AvgIpc) is 2.73. The molecule has 0 amide bonds. The predicted octanol–water partition coefficient (Wildman–Crippen LogP) is 7.34. The van der Waals surface area contributed by atoms with E-state index in [9.17, 15) is 22.0 Å². The average molecular weight is 448 g/mol. The molecule has 0 saturated heterocycles. The quantitative estimate of drug-likeness (QED) is 0.110. The van der Waals surface area contributed by atoms with Crippen molar-refractivity contribution in [2.45, 2.75) is 46.8 Å². The monoisotopic (exact) mass is 448 g/mol. The normalized spacial score (nSPS) is 14.5. The number of aryl methyl sites for hydroxylation is 1. The van der Waals surface area contributed by atoms with E-state index in [0.717, 1.165) is 12.0 Å². The van der Waals surface area contributed by atoms with E-state index in [1.54, 1.807) is 0 Å². The van der Waals surface area contributed by atoms with Crippen LogP contribution >= 0.6 is 0 Å². The molecule has 0 heterocycles. The predicted molar refractivity (Wildman–Crippen MR) is 110 cm³/mol. The van der Waals surface area contributed by atoms with Crippen molar-refractivity contribution in [1.29, 1.82) is 0 Å². The molecule has 0 aliphatic heterocycles. The maximum atomic E-state index is 13.7. The summed E-state index contributed by atoms with van der Waals surface area (Å²) in [5.74, 6) is -8.65. The van der Waals surface area contributed by atoms with Gasteiger partial charge in [-0.3, -0.25) is 0 Å². The molecule has 1 aromatic rings. The minimum Gasteiger partial charge on any atom is -0.489 e. The molecular formula is C23H29F5O3. The highest BCUT2D eigenvalue weighted by Gasteiger charge is 2.21. The van der Waals surface area contributed by atoms with Crippen LogP contribution in [0.1, 0.15) is 39.2 Å². The van der Waals surface area contributed by atoms with Crippen LogP contribution < -0.4 is 4.74 Å². The number of benzene rings is 1. The van der Waals surface area contributed by atoms with Gasteiger partial charge < -0.3 is 14.2 Å². The van der Waals surface area contributed by atoms with Crippen molar-refractivity contribution in [3.8, 4) is 5.75 Å². The fraction of sp³-hybridized carbons (Fsp3) is 0.478. The lowest BCUT2D eigenvalue weighted by Crippen LogP contribution is -2.24. The second-order valence-corrected chi connectivity index (χ2v) is 8.08. The lowest BCUT2D eigenvalue weighted by Gasteiger charge is -2.24. The molecule has 1 aromatic carbocycles. The minimum atomic E-state index is -2.27. The van der Waals surface area contributed by atoms with Crippen LogP contribution in [-0.2, 0) is 9.47 Å². The molecule has 0 fully saturated rings. The van der Waals surface area contributed by atoms with Crippen molar-refractivity contribution in [1.82, 2.24) is 0 Å². The van der Waals surface area contributed by atoms with E-state index in [1.807, 2.05) is 31.2 Å². The number of rotatable bonds is 12. The largest absolute Gasteiger partial charge is 0.489 e. The summed E-state index contributed by atoms with van der Waals surface area (Å²) < 4.78 is 81.5. The van der Waals surface area contributed by atoms with Crippen LogP contribution in [0.15, 0.2) is 59.9 Å². The Labute approximate surface area is 180 Å². The molecule has 0 bridgehead atoms. The SMILES string of the molecule is C=C(OCCOC(CCC(C)(C)C)Oc1ccc(C)cc1)/C(F)=C(F)\C(F)=C(\F)CF. The first-order valence-electron chi connectivity index (χ1n) is 9.77. The van der Waals surface area contributed by atoms with Gasteiger partial charge in [-0.2, -0.15) is 4.39 Å². The van der Waals surface area contributed by atoms with E-state index in [0.29, 0.717) is 12.2 Å². The Bertz CT molecular complexity index is 779. The van der Waals surface area contributed by atoms with Crippen LogP contribution in [0.5, 0.6) is 5.75 Å². The Morgan fingerprint density at radius 3 is 2.13 bits per heavy atom. The van der Waals surface area contributed by atoms with Gasteiger partial charge in [-0.15, -0.1) is 0 Å². The highest BCUT2D eigenvalue weighted by Crippen LogP contribution is 2.27. The van der Waals surface area contributed by atoms with Gasteiger partial charge in [-0.05, 0) is 30.9 Å². The van der Waals surface area contributed by atoms with Crippen LogP contribution in [0, 0.1) is 12.3 Å². The molecule has 0 aliphatic carbocycles. The summed E-state index contributed by atoms with van der Waals surface area (Å²) in [5.41, 5.74) is 1.12. The Kier molecular flexibility index (Phi) is 10.8. The summed E-state index contributed by atoms with van der Waals surface area (Å²) in [5, 5.41) is 0. The Morgan fingerprint density at radius 2 is 1.58 bits per heavy atom. The third-order valence-corrected chi connectivity index (χ3v) is 4.07. The molecule has 0 aliphatic rings. The number of hydrogen-bond donors (Lipinski definition) is 0. The number of alkyl halides is 1. The van der Waals surface area contributed by atoms with Gasteiger partial charge in [0.25, 0.3) is 0 Å². The number of halogens is 5. The summed E-state index contributed by atoms with van der Waals surface area (Å²) in [6.45, 7) is 9.08. The lowest BCUT2D eigenvalue weighted by molar-refractivity contribution is -0.0987. The topological polar surface area (TPSA) is 27.7 Å². The van der Waals surface area contributed by atoms with E-state index in [-0.39, 0.29) is 18.6 Å². The fourth-order valence-electron chi connectivity index (χ4n) is 2.30. The van der Waals surface area contributed by atoms with E-state index >= 15 is 0 Å². The summed E-state index contributed by atoms with van der Waals surface area (Å²) in [7, 11) is 0. The summed E-state index contributed by atoms with van der Waals surface area (Å²) >= 11 is 0. The second kappa shape index (κ2) is 12.5. The zero-order valence-corrected chi connectivity index (χ0v) is 18.2. The maximum Gasteiger partial charge on any atom is 0.203 e. The Hall–Kier alpha value is -2.35. The molecule has 174 valence electrons. The van der Waals surface area contributed by atoms with E-state index in [1.165, 1.54) is 0 Å². The number of ether oxygens (including phenoxy) is 3.